The molecule has 0 radical (unpaired) electrons. The summed E-state index contributed by atoms with van der Waals surface area (Å²) in [6.45, 7) is 1.56. The molecule has 0 saturated heterocycles. The second kappa shape index (κ2) is 8.95. The number of nitrogens with one attached hydrogen (secondary N) is 1. The highest BCUT2D eigenvalue weighted by Gasteiger charge is 2.25. The third-order valence-corrected chi connectivity index (χ3v) is 5.63. The van der Waals surface area contributed by atoms with Crippen LogP contribution >= 0.6 is 11.3 Å². The highest BCUT2D eigenvalue weighted by molar-refractivity contribution is 7.12. The van der Waals surface area contributed by atoms with Crippen LogP contribution in [0.15, 0.2) is 41.8 Å². The molecule has 27 heavy (non-hydrogen) atoms. The molecular weight excluding hydrogens is 362 g/mol. The van der Waals surface area contributed by atoms with E-state index in [1.54, 1.807) is 19.1 Å². The fraction of sp³-hybridized carbons (Fsp3) is 0.381. The summed E-state index contributed by atoms with van der Waals surface area (Å²) < 4.78 is 5.21. The van der Waals surface area contributed by atoms with Gasteiger partial charge in [-0.05, 0) is 48.8 Å². The van der Waals surface area contributed by atoms with Crippen molar-refractivity contribution in [2.45, 2.75) is 51.2 Å². The van der Waals surface area contributed by atoms with Gasteiger partial charge in [-0.1, -0.05) is 30.3 Å². The topological polar surface area (TPSA) is 72.5 Å². The molecule has 3 rings (SSSR count). The predicted molar refractivity (Wildman–Crippen MR) is 104 cm³/mol. The van der Waals surface area contributed by atoms with Crippen molar-refractivity contribution in [1.29, 1.82) is 0 Å². The van der Waals surface area contributed by atoms with Gasteiger partial charge in [0.05, 0.1) is 17.3 Å². The lowest BCUT2D eigenvalue weighted by molar-refractivity contribution is -0.155. The van der Waals surface area contributed by atoms with Gasteiger partial charge in [0.1, 0.15) is 0 Å². The molecule has 1 heterocycles. The van der Waals surface area contributed by atoms with Crippen LogP contribution in [-0.2, 0) is 20.7 Å². The van der Waals surface area contributed by atoms with Crippen LogP contribution in [0.1, 0.15) is 59.4 Å². The number of aryl methyl sites for hydroxylation is 1. The number of rotatable bonds is 7. The lowest BCUT2D eigenvalue weighted by Gasteiger charge is -2.27. The number of hydrogen-bond donors (Lipinski definition) is 1. The maximum Gasteiger partial charge on any atom is 0.307 e. The molecule has 0 aliphatic heterocycles. The zero-order valence-corrected chi connectivity index (χ0v) is 16.1. The van der Waals surface area contributed by atoms with Crippen LogP contribution in [0.25, 0.3) is 0 Å². The van der Waals surface area contributed by atoms with E-state index in [4.69, 9.17) is 4.74 Å². The minimum Gasteiger partial charge on any atom is -0.453 e. The third-order valence-electron chi connectivity index (χ3n) is 4.72. The van der Waals surface area contributed by atoms with Gasteiger partial charge in [0, 0.05) is 6.42 Å². The number of carbonyl (C=O) groups excluding carboxylic acids is 3. The molecule has 0 fully saturated rings. The number of Topliss-reactive ketones (excluding diaryl/α,β-unsaturated/α-hetero) is 1. The van der Waals surface area contributed by atoms with Crippen molar-refractivity contribution < 1.29 is 19.1 Å². The lowest BCUT2D eigenvalue weighted by atomic mass is 9.87. The number of thiophene rings is 1. The van der Waals surface area contributed by atoms with Gasteiger partial charge in [-0.3, -0.25) is 14.4 Å². The summed E-state index contributed by atoms with van der Waals surface area (Å²) in [5.41, 5.74) is 2.39. The molecule has 0 unspecified atom stereocenters. The van der Waals surface area contributed by atoms with Crippen LogP contribution in [0, 0.1) is 0 Å². The Morgan fingerprint density at radius 2 is 2.00 bits per heavy atom. The molecule has 142 valence electrons. The number of carbonyl (C=O) groups is 3. The molecule has 1 aromatic heterocycles. The van der Waals surface area contributed by atoms with E-state index in [2.05, 4.69) is 11.4 Å². The Balaban J connectivity index is 1.48. The second-order valence-corrected chi connectivity index (χ2v) is 7.63. The maximum absolute atomic E-state index is 12.4. The molecule has 0 saturated carbocycles. The van der Waals surface area contributed by atoms with Crippen molar-refractivity contribution in [2.24, 2.45) is 0 Å². The molecule has 2 aromatic rings. The largest absolute Gasteiger partial charge is 0.453 e. The van der Waals surface area contributed by atoms with E-state index in [0.717, 1.165) is 24.8 Å². The number of esters is 1. The van der Waals surface area contributed by atoms with E-state index in [1.165, 1.54) is 16.9 Å². The first-order valence-corrected chi connectivity index (χ1v) is 10.1. The quantitative estimate of drug-likeness (QED) is 0.581. The fourth-order valence-corrected chi connectivity index (χ4v) is 3.97. The molecule has 1 aliphatic rings. The zero-order valence-electron chi connectivity index (χ0n) is 15.3. The molecule has 2 atom stereocenters. The number of ketones is 1. The number of benzene rings is 1. The number of hydrogen-bond acceptors (Lipinski definition) is 5. The summed E-state index contributed by atoms with van der Waals surface area (Å²) >= 11 is 1.35. The van der Waals surface area contributed by atoms with Gasteiger partial charge >= 0.3 is 5.97 Å². The van der Waals surface area contributed by atoms with Crippen LogP contribution in [0.5, 0.6) is 0 Å². The summed E-state index contributed by atoms with van der Waals surface area (Å²) in [5, 5.41) is 4.81. The Hall–Kier alpha value is -2.47. The zero-order chi connectivity index (χ0) is 19.2. The monoisotopic (exact) mass is 385 g/mol. The fourth-order valence-electron chi connectivity index (χ4n) is 3.28. The summed E-state index contributed by atoms with van der Waals surface area (Å²) in [5.74, 6) is -0.931. The highest BCUT2D eigenvalue weighted by Crippen LogP contribution is 2.29. The van der Waals surface area contributed by atoms with Crippen LogP contribution < -0.4 is 5.32 Å². The van der Waals surface area contributed by atoms with E-state index in [1.807, 2.05) is 23.6 Å². The Labute approximate surface area is 162 Å². The Kier molecular flexibility index (Phi) is 6.40. The van der Waals surface area contributed by atoms with Crippen LogP contribution in [0.2, 0.25) is 0 Å². The van der Waals surface area contributed by atoms with Gasteiger partial charge in [0.25, 0.3) is 5.91 Å². The van der Waals surface area contributed by atoms with Gasteiger partial charge in [-0.25, -0.2) is 0 Å². The highest BCUT2D eigenvalue weighted by atomic mass is 32.1. The molecule has 1 N–H and O–H groups in total. The molecule has 1 amide bonds. The Bertz CT molecular complexity index is 815. The van der Waals surface area contributed by atoms with Crippen molar-refractivity contribution in [3.63, 3.8) is 0 Å². The van der Waals surface area contributed by atoms with E-state index >= 15 is 0 Å². The van der Waals surface area contributed by atoms with Crippen LogP contribution in [-0.4, -0.2) is 23.8 Å². The summed E-state index contributed by atoms with van der Waals surface area (Å²) in [7, 11) is 0. The average molecular weight is 385 g/mol. The van der Waals surface area contributed by atoms with Gasteiger partial charge in [-0.15, -0.1) is 11.3 Å². The van der Waals surface area contributed by atoms with Gasteiger partial charge in [0.15, 0.2) is 11.9 Å². The van der Waals surface area contributed by atoms with E-state index in [0.29, 0.717) is 4.88 Å². The van der Waals surface area contributed by atoms with Crippen molar-refractivity contribution in [1.82, 2.24) is 5.32 Å². The van der Waals surface area contributed by atoms with Crippen molar-refractivity contribution in [2.75, 3.05) is 0 Å². The van der Waals surface area contributed by atoms with Gasteiger partial charge in [-0.2, -0.15) is 0 Å². The van der Waals surface area contributed by atoms with E-state index in [9.17, 15) is 14.4 Å². The number of fused-ring (bicyclic) bond motifs is 1. The van der Waals surface area contributed by atoms with Gasteiger partial charge in [0.2, 0.25) is 0 Å². The average Bonchev–Trinajstić information content (AvgIpc) is 3.21. The smallest absolute Gasteiger partial charge is 0.307 e. The Morgan fingerprint density at radius 3 is 2.78 bits per heavy atom. The van der Waals surface area contributed by atoms with E-state index in [-0.39, 0.29) is 30.6 Å². The number of amides is 1. The summed E-state index contributed by atoms with van der Waals surface area (Å²) in [4.78, 5) is 37.0. The normalized spacial score (nSPS) is 16.9. The third kappa shape index (κ3) is 5.04. The van der Waals surface area contributed by atoms with Crippen molar-refractivity contribution >= 4 is 29.0 Å². The van der Waals surface area contributed by atoms with Crippen LogP contribution in [0.3, 0.4) is 0 Å². The molecule has 6 heteroatoms. The lowest BCUT2D eigenvalue weighted by Crippen LogP contribution is -2.39. The summed E-state index contributed by atoms with van der Waals surface area (Å²) in [6, 6.07) is 11.6. The minimum absolute atomic E-state index is 0.0272. The Morgan fingerprint density at radius 1 is 1.19 bits per heavy atom. The maximum atomic E-state index is 12.4. The molecule has 1 aromatic carbocycles. The first-order valence-electron chi connectivity index (χ1n) is 9.19. The predicted octanol–water partition coefficient (Wildman–Crippen LogP) is 3.84. The van der Waals surface area contributed by atoms with Gasteiger partial charge < -0.3 is 10.1 Å². The molecule has 1 aliphatic carbocycles. The first-order chi connectivity index (χ1) is 13.0. The second-order valence-electron chi connectivity index (χ2n) is 6.68. The van der Waals surface area contributed by atoms with Crippen molar-refractivity contribution in [3.05, 3.63) is 57.8 Å². The summed E-state index contributed by atoms with van der Waals surface area (Å²) in [6.07, 6.45) is 2.08. The van der Waals surface area contributed by atoms with Crippen molar-refractivity contribution in [3.8, 4) is 0 Å². The number of ether oxygens (including phenoxy) is 1. The molecule has 0 bridgehead atoms. The minimum atomic E-state index is -0.886. The molecule has 0 spiro atoms. The van der Waals surface area contributed by atoms with Crippen LogP contribution in [0.4, 0.5) is 0 Å². The molecular formula is C21H23NO4S. The first kappa shape index (κ1) is 19.3. The molecule has 5 nitrogen and oxygen atoms in total. The standard InChI is InChI=1S/C21H23NO4S/c1-14(26-20(24)12-11-18(23)19-10-5-13-27-19)21(25)22-17-9-4-7-15-6-2-3-8-16(15)17/h2-3,5-6,8,10,13-14,17H,4,7,9,11-12H2,1H3,(H,22,25)/t14-,17+/m0/s1. The SMILES string of the molecule is C[C@H](OC(=O)CCC(=O)c1cccs1)C(=O)N[C@@H]1CCCc2ccccc21. The van der Waals surface area contributed by atoms with E-state index < -0.39 is 12.1 Å².